The monoisotopic (exact) mass is 263 g/mol. The van der Waals surface area contributed by atoms with Crippen molar-refractivity contribution in [3.05, 3.63) is 29.8 Å². The van der Waals surface area contributed by atoms with Crippen LogP contribution in [0.2, 0.25) is 0 Å². The lowest BCUT2D eigenvalue weighted by atomic mass is 9.73. The van der Waals surface area contributed by atoms with E-state index in [9.17, 15) is 0 Å². The van der Waals surface area contributed by atoms with Crippen molar-refractivity contribution in [1.29, 1.82) is 0 Å². The van der Waals surface area contributed by atoms with E-state index in [-0.39, 0.29) is 11.5 Å². The number of hydrogen-bond donors (Lipinski definition) is 1. The molecule has 0 bridgehead atoms. The van der Waals surface area contributed by atoms with E-state index in [2.05, 4.69) is 17.4 Å². The molecule has 1 N–H and O–H groups in total. The molecular weight excluding hydrogens is 242 g/mol. The van der Waals surface area contributed by atoms with Crippen LogP contribution < -0.4 is 10.1 Å². The number of methoxy groups -OCH3 is 1. The lowest BCUT2D eigenvalue weighted by molar-refractivity contribution is -0.0948. The van der Waals surface area contributed by atoms with Gasteiger partial charge >= 0.3 is 0 Å². The van der Waals surface area contributed by atoms with Crippen LogP contribution in [0.5, 0.6) is 5.75 Å². The molecule has 2 fully saturated rings. The van der Waals surface area contributed by atoms with Gasteiger partial charge in [0.15, 0.2) is 0 Å². The van der Waals surface area contributed by atoms with Crippen molar-refractivity contribution in [2.24, 2.45) is 0 Å². The zero-order valence-electron chi connectivity index (χ0n) is 11.4. The summed E-state index contributed by atoms with van der Waals surface area (Å²) in [5.74, 6) is 0.953. The molecule has 2 aliphatic heterocycles. The second-order valence-corrected chi connectivity index (χ2v) is 5.37. The van der Waals surface area contributed by atoms with E-state index in [1.54, 1.807) is 7.11 Å². The Balaban J connectivity index is 1.81. The Morgan fingerprint density at radius 1 is 1.37 bits per heavy atom. The molecule has 4 nitrogen and oxygen atoms in total. The molecule has 19 heavy (non-hydrogen) atoms. The van der Waals surface area contributed by atoms with Gasteiger partial charge in [-0.2, -0.15) is 0 Å². The Morgan fingerprint density at radius 2 is 2.21 bits per heavy atom. The maximum Gasteiger partial charge on any atom is 0.122 e. The second kappa shape index (κ2) is 5.49. The molecule has 0 amide bonds. The van der Waals surface area contributed by atoms with Crippen molar-refractivity contribution in [2.75, 3.05) is 40.0 Å². The Bertz CT molecular complexity index is 425. The predicted molar refractivity (Wildman–Crippen MR) is 72.7 cm³/mol. The van der Waals surface area contributed by atoms with Crippen molar-refractivity contribution < 1.29 is 14.2 Å². The first-order valence-corrected chi connectivity index (χ1v) is 6.88. The highest BCUT2D eigenvalue weighted by atomic mass is 16.5. The number of hydrogen-bond acceptors (Lipinski definition) is 4. The van der Waals surface area contributed by atoms with Gasteiger partial charge in [-0.05, 0) is 12.5 Å². The minimum atomic E-state index is 0.0519. The highest BCUT2D eigenvalue weighted by Gasteiger charge is 2.44. The highest BCUT2D eigenvalue weighted by Crippen LogP contribution is 2.41. The van der Waals surface area contributed by atoms with E-state index >= 15 is 0 Å². The highest BCUT2D eigenvalue weighted by molar-refractivity contribution is 5.41. The topological polar surface area (TPSA) is 39.7 Å². The largest absolute Gasteiger partial charge is 0.496 e. The number of morpholine rings is 1. The third-order valence-electron chi connectivity index (χ3n) is 4.06. The van der Waals surface area contributed by atoms with Crippen LogP contribution in [0.1, 0.15) is 12.0 Å². The van der Waals surface area contributed by atoms with Crippen LogP contribution in [0.3, 0.4) is 0 Å². The van der Waals surface area contributed by atoms with E-state index in [1.807, 2.05) is 12.1 Å². The molecular formula is C15H21NO3. The molecule has 2 aliphatic rings. The van der Waals surface area contributed by atoms with Gasteiger partial charge in [0.1, 0.15) is 5.75 Å². The van der Waals surface area contributed by atoms with Gasteiger partial charge in [-0.1, -0.05) is 18.2 Å². The molecule has 1 atom stereocenters. The first-order valence-electron chi connectivity index (χ1n) is 6.88. The van der Waals surface area contributed by atoms with Gasteiger partial charge in [-0.15, -0.1) is 0 Å². The summed E-state index contributed by atoms with van der Waals surface area (Å²) in [4.78, 5) is 0. The molecule has 1 aromatic rings. The van der Waals surface area contributed by atoms with Gasteiger partial charge < -0.3 is 19.5 Å². The molecule has 1 unspecified atom stereocenters. The van der Waals surface area contributed by atoms with Crippen LogP contribution in [0.4, 0.5) is 0 Å². The quantitative estimate of drug-likeness (QED) is 0.890. The van der Waals surface area contributed by atoms with Crippen LogP contribution in [0.15, 0.2) is 24.3 Å². The number of rotatable bonds is 4. The summed E-state index contributed by atoms with van der Waals surface area (Å²) in [6.07, 6.45) is 1.25. The van der Waals surface area contributed by atoms with Gasteiger partial charge in [0.05, 0.1) is 33.0 Å². The zero-order valence-corrected chi connectivity index (χ0v) is 11.4. The molecule has 0 aliphatic carbocycles. The Hall–Kier alpha value is -1.10. The summed E-state index contributed by atoms with van der Waals surface area (Å²) in [6, 6.07) is 8.25. The van der Waals surface area contributed by atoms with Gasteiger partial charge in [-0.3, -0.25) is 0 Å². The minimum Gasteiger partial charge on any atom is -0.496 e. The van der Waals surface area contributed by atoms with Crippen LogP contribution >= 0.6 is 0 Å². The summed E-state index contributed by atoms with van der Waals surface area (Å²) in [5, 5.41) is 3.39. The van der Waals surface area contributed by atoms with E-state index in [1.165, 1.54) is 5.56 Å². The molecule has 2 saturated heterocycles. The summed E-state index contributed by atoms with van der Waals surface area (Å²) < 4.78 is 16.9. The first kappa shape index (κ1) is 12.9. The molecule has 4 heteroatoms. The molecule has 2 heterocycles. The maximum absolute atomic E-state index is 5.85. The van der Waals surface area contributed by atoms with Crippen molar-refractivity contribution in [3.8, 4) is 5.75 Å². The number of benzene rings is 1. The summed E-state index contributed by atoms with van der Waals surface area (Å²) >= 11 is 0. The Labute approximate surface area is 114 Å². The Kier molecular flexibility index (Phi) is 3.73. The molecule has 3 rings (SSSR count). The molecule has 1 aromatic carbocycles. The molecule has 0 saturated carbocycles. The number of para-hydroxylation sites is 1. The fraction of sp³-hybridized carbons (Fsp3) is 0.600. The summed E-state index contributed by atoms with van der Waals surface area (Å²) in [6.45, 7) is 4.19. The fourth-order valence-electron chi connectivity index (χ4n) is 3.00. The van der Waals surface area contributed by atoms with E-state index in [0.29, 0.717) is 0 Å². The normalized spacial score (nSPS) is 25.6. The van der Waals surface area contributed by atoms with Crippen LogP contribution in [0, 0.1) is 0 Å². The van der Waals surface area contributed by atoms with Crippen LogP contribution in [-0.2, 0) is 14.9 Å². The summed E-state index contributed by atoms with van der Waals surface area (Å²) in [5.41, 5.74) is 1.30. The van der Waals surface area contributed by atoms with Gasteiger partial charge in [0, 0.05) is 24.1 Å². The lowest BCUT2D eigenvalue weighted by Crippen LogP contribution is -2.52. The lowest BCUT2D eigenvalue weighted by Gasteiger charge is -2.45. The predicted octanol–water partition coefficient (Wildman–Crippen LogP) is 1.34. The van der Waals surface area contributed by atoms with E-state index in [0.717, 1.165) is 45.1 Å². The van der Waals surface area contributed by atoms with Crippen molar-refractivity contribution >= 4 is 0 Å². The minimum absolute atomic E-state index is 0.0519. The third kappa shape index (κ3) is 2.48. The standard InChI is InChI=1S/C15H21NO3/c1-17-14-5-3-2-4-13(14)15(10-18-11-15)8-12-9-16-6-7-19-12/h2-5,12,16H,6-11H2,1H3. The fourth-order valence-corrected chi connectivity index (χ4v) is 3.00. The first-order chi connectivity index (χ1) is 9.34. The summed E-state index contributed by atoms with van der Waals surface area (Å²) in [7, 11) is 1.73. The molecule has 0 spiro atoms. The van der Waals surface area contributed by atoms with Gasteiger partial charge in [0.25, 0.3) is 0 Å². The SMILES string of the molecule is COc1ccccc1C1(CC2CNCCO2)COC1. The average Bonchev–Trinajstić information content (AvgIpc) is 2.44. The maximum atomic E-state index is 5.85. The Morgan fingerprint density at radius 3 is 2.84 bits per heavy atom. The van der Waals surface area contributed by atoms with Crippen molar-refractivity contribution in [3.63, 3.8) is 0 Å². The van der Waals surface area contributed by atoms with E-state index in [4.69, 9.17) is 14.2 Å². The van der Waals surface area contributed by atoms with Crippen LogP contribution in [0.25, 0.3) is 0 Å². The van der Waals surface area contributed by atoms with Crippen LogP contribution in [-0.4, -0.2) is 46.1 Å². The molecule has 0 radical (unpaired) electrons. The van der Waals surface area contributed by atoms with Crippen molar-refractivity contribution in [2.45, 2.75) is 17.9 Å². The molecule has 104 valence electrons. The van der Waals surface area contributed by atoms with Gasteiger partial charge in [0.2, 0.25) is 0 Å². The zero-order chi connectivity index (χ0) is 13.1. The number of ether oxygens (including phenoxy) is 3. The molecule has 0 aromatic heterocycles. The smallest absolute Gasteiger partial charge is 0.122 e. The third-order valence-corrected chi connectivity index (χ3v) is 4.06. The average molecular weight is 263 g/mol. The van der Waals surface area contributed by atoms with Crippen molar-refractivity contribution in [1.82, 2.24) is 5.32 Å². The van der Waals surface area contributed by atoms with Gasteiger partial charge in [-0.25, -0.2) is 0 Å². The van der Waals surface area contributed by atoms with E-state index < -0.39 is 0 Å². The number of nitrogens with one attached hydrogen (secondary N) is 1. The second-order valence-electron chi connectivity index (χ2n) is 5.37.